The number of methoxy groups -OCH3 is 1. The van der Waals surface area contributed by atoms with Crippen molar-refractivity contribution >= 4 is 6.01 Å². The van der Waals surface area contributed by atoms with Crippen LogP contribution in [0.4, 0.5) is 0 Å². The van der Waals surface area contributed by atoms with Crippen molar-refractivity contribution in [2.75, 3.05) is 27.3 Å². The molecule has 0 saturated heterocycles. The Morgan fingerprint density at radius 3 is 2.88 bits per heavy atom. The average molecular weight is 114 g/mol. The molecule has 3 heteroatoms. The standard InChI is InChI=1S/C5H10N2O/c1-6-5-7-3-4-8-2/h3-4H2,1-2H3. The van der Waals surface area contributed by atoms with Gasteiger partial charge in [0.2, 0.25) is 0 Å². The predicted molar refractivity (Wildman–Crippen MR) is 32.5 cm³/mol. The molecule has 0 aliphatic carbocycles. The first-order valence-electron chi connectivity index (χ1n) is 2.41. The third-order valence-electron chi connectivity index (χ3n) is 0.578. The lowest BCUT2D eigenvalue weighted by molar-refractivity contribution is 0.208. The maximum Gasteiger partial charge on any atom is 0.0890 e. The van der Waals surface area contributed by atoms with Gasteiger partial charge in [0.05, 0.1) is 19.2 Å². The molecule has 8 heavy (non-hydrogen) atoms. The highest BCUT2D eigenvalue weighted by atomic mass is 16.5. The third kappa shape index (κ3) is 5.34. The van der Waals surface area contributed by atoms with Crippen molar-refractivity contribution in [3.05, 3.63) is 0 Å². The maximum absolute atomic E-state index is 4.71. The second-order valence-corrected chi connectivity index (χ2v) is 1.20. The van der Waals surface area contributed by atoms with Gasteiger partial charge in [-0.25, -0.2) is 9.98 Å². The van der Waals surface area contributed by atoms with Gasteiger partial charge in [-0.15, -0.1) is 0 Å². The molecular weight excluding hydrogens is 104 g/mol. The molecule has 0 bridgehead atoms. The Bertz CT molecular complexity index is 94.6. The lowest BCUT2D eigenvalue weighted by Crippen LogP contribution is -1.90. The first kappa shape index (κ1) is 7.34. The van der Waals surface area contributed by atoms with Crippen LogP contribution in [0.3, 0.4) is 0 Å². The number of ether oxygens (including phenoxy) is 1. The Kier molecular flexibility index (Phi) is 5.82. The highest BCUT2D eigenvalue weighted by Crippen LogP contribution is 1.66. The van der Waals surface area contributed by atoms with Crippen LogP contribution in [-0.4, -0.2) is 33.3 Å². The minimum atomic E-state index is 0.641. The van der Waals surface area contributed by atoms with Gasteiger partial charge in [-0.1, -0.05) is 0 Å². The maximum atomic E-state index is 4.71. The molecule has 46 valence electrons. The van der Waals surface area contributed by atoms with Crippen molar-refractivity contribution in [1.82, 2.24) is 0 Å². The van der Waals surface area contributed by atoms with Crippen LogP contribution in [0, 0.1) is 0 Å². The van der Waals surface area contributed by atoms with Crippen LogP contribution in [0.25, 0.3) is 0 Å². The van der Waals surface area contributed by atoms with E-state index in [-0.39, 0.29) is 0 Å². The molecular formula is C5H10N2O. The van der Waals surface area contributed by atoms with Gasteiger partial charge in [0.25, 0.3) is 0 Å². The zero-order valence-electron chi connectivity index (χ0n) is 5.22. The van der Waals surface area contributed by atoms with Crippen LogP contribution < -0.4 is 0 Å². The Morgan fingerprint density at radius 2 is 2.38 bits per heavy atom. The number of aliphatic imine (C=N–C) groups is 2. The van der Waals surface area contributed by atoms with Crippen LogP contribution in [0.2, 0.25) is 0 Å². The van der Waals surface area contributed by atoms with E-state index in [1.165, 1.54) is 0 Å². The van der Waals surface area contributed by atoms with E-state index in [9.17, 15) is 0 Å². The van der Waals surface area contributed by atoms with Crippen LogP contribution in [0.15, 0.2) is 9.98 Å². The Hall–Kier alpha value is -0.660. The van der Waals surface area contributed by atoms with E-state index in [4.69, 9.17) is 4.74 Å². The molecule has 0 aliphatic heterocycles. The predicted octanol–water partition coefficient (Wildman–Crippen LogP) is 0.436. The van der Waals surface area contributed by atoms with E-state index < -0.39 is 0 Å². The SMILES string of the molecule is CN=C=NCCOC. The Labute approximate surface area is 49.1 Å². The van der Waals surface area contributed by atoms with Crippen molar-refractivity contribution in [2.45, 2.75) is 0 Å². The van der Waals surface area contributed by atoms with Crippen molar-refractivity contribution in [3.63, 3.8) is 0 Å². The number of rotatable bonds is 3. The van der Waals surface area contributed by atoms with Gasteiger partial charge in [-0.2, -0.15) is 0 Å². The Balaban J connectivity index is 3.04. The first-order chi connectivity index (χ1) is 3.91. The van der Waals surface area contributed by atoms with Gasteiger partial charge in [-0.05, 0) is 0 Å². The van der Waals surface area contributed by atoms with Crippen LogP contribution in [0.1, 0.15) is 0 Å². The highest BCUT2D eigenvalue weighted by Gasteiger charge is 1.73. The van der Waals surface area contributed by atoms with Gasteiger partial charge in [-0.3, -0.25) is 0 Å². The molecule has 0 heterocycles. The monoisotopic (exact) mass is 114 g/mol. The number of nitrogens with zero attached hydrogens (tertiary/aromatic N) is 2. The van der Waals surface area contributed by atoms with Gasteiger partial charge in [0.15, 0.2) is 0 Å². The Morgan fingerprint density at radius 1 is 1.62 bits per heavy atom. The summed E-state index contributed by atoms with van der Waals surface area (Å²) >= 11 is 0. The second kappa shape index (κ2) is 6.34. The fourth-order valence-corrected chi connectivity index (χ4v) is 0.258. The molecule has 0 aromatic heterocycles. The summed E-state index contributed by atoms with van der Waals surface area (Å²) in [5, 5.41) is 0. The summed E-state index contributed by atoms with van der Waals surface area (Å²) in [6.07, 6.45) is 0. The largest absolute Gasteiger partial charge is 0.383 e. The summed E-state index contributed by atoms with van der Waals surface area (Å²) in [5.41, 5.74) is 0. The molecule has 0 unspecified atom stereocenters. The molecule has 0 rings (SSSR count). The zero-order valence-corrected chi connectivity index (χ0v) is 5.22. The molecule has 3 nitrogen and oxygen atoms in total. The quantitative estimate of drug-likeness (QED) is 0.387. The van der Waals surface area contributed by atoms with Crippen molar-refractivity contribution in [3.8, 4) is 0 Å². The van der Waals surface area contributed by atoms with E-state index in [0.29, 0.717) is 13.2 Å². The summed E-state index contributed by atoms with van der Waals surface area (Å²) in [7, 11) is 3.27. The normalized spacial score (nSPS) is 7.75. The van der Waals surface area contributed by atoms with Gasteiger partial charge < -0.3 is 4.74 Å². The van der Waals surface area contributed by atoms with Crippen molar-refractivity contribution in [2.24, 2.45) is 9.98 Å². The molecule has 0 spiro atoms. The molecule has 0 amide bonds. The highest BCUT2D eigenvalue weighted by molar-refractivity contribution is 5.40. The smallest absolute Gasteiger partial charge is 0.0890 e. The lowest BCUT2D eigenvalue weighted by Gasteiger charge is -1.86. The topological polar surface area (TPSA) is 34.0 Å². The van der Waals surface area contributed by atoms with E-state index in [2.05, 4.69) is 16.0 Å². The van der Waals surface area contributed by atoms with E-state index in [0.717, 1.165) is 0 Å². The van der Waals surface area contributed by atoms with Gasteiger partial charge >= 0.3 is 0 Å². The molecule has 0 fully saturated rings. The minimum Gasteiger partial charge on any atom is -0.383 e. The average Bonchev–Trinajstić information content (AvgIpc) is 1.81. The summed E-state index contributed by atoms with van der Waals surface area (Å²) in [6.45, 7) is 1.29. The van der Waals surface area contributed by atoms with Crippen LogP contribution in [0.5, 0.6) is 0 Å². The second-order valence-electron chi connectivity index (χ2n) is 1.20. The van der Waals surface area contributed by atoms with E-state index in [1.54, 1.807) is 14.2 Å². The molecule has 0 radical (unpaired) electrons. The molecule has 0 atom stereocenters. The van der Waals surface area contributed by atoms with Crippen LogP contribution in [-0.2, 0) is 4.74 Å². The van der Waals surface area contributed by atoms with Crippen LogP contribution >= 0.6 is 0 Å². The van der Waals surface area contributed by atoms with Gasteiger partial charge in [0, 0.05) is 14.2 Å². The fraction of sp³-hybridized carbons (Fsp3) is 0.800. The molecule has 0 aliphatic rings. The summed E-state index contributed by atoms with van der Waals surface area (Å²) in [4.78, 5) is 7.27. The summed E-state index contributed by atoms with van der Waals surface area (Å²) in [5.74, 6) is 0. The fourth-order valence-electron chi connectivity index (χ4n) is 0.258. The number of hydrogen-bond donors (Lipinski definition) is 0. The lowest BCUT2D eigenvalue weighted by atomic mass is 10.7. The number of hydrogen-bond acceptors (Lipinski definition) is 3. The molecule has 0 aromatic rings. The van der Waals surface area contributed by atoms with E-state index >= 15 is 0 Å². The van der Waals surface area contributed by atoms with Gasteiger partial charge in [0.1, 0.15) is 0 Å². The zero-order chi connectivity index (χ0) is 6.24. The van der Waals surface area contributed by atoms with E-state index in [1.807, 2.05) is 0 Å². The summed E-state index contributed by atoms with van der Waals surface area (Å²) < 4.78 is 4.71. The van der Waals surface area contributed by atoms with Crippen molar-refractivity contribution < 1.29 is 4.74 Å². The first-order valence-corrected chi connectivity index (χ1v) is 2.41. The summed E-state index contributed by atoms with van der Waals surface area (Å²) in [6, 6.07) is 2.45. The minimum absolute atomic E-state index is 0.641. The molecule has 0 N–H and O–H groups in total. The third-order valence-corrected chi connectivity index (χ3v) is 0.578. The molecule has 0 saturated carbocycles. The van der Waals surface area contributed by atoms with Crippen molar-refractivity contribution in [1.29, 1.82) is 0 Å². The molecule has 0 aromatic carbocycles.